The van der Waals surface area contributed by atoms with Crippen molar-refractivity contribution in [1.29, 1.82) is 0 Å². The minimum Gasteiger partial charge on any atom is -0.489 e. The van der Waals surface area contributed by atoms with Crippen LogP contribution in [0.1, 0.15) is 22.8 Å². The molecule has 0 radical (unpaired) electrons. The Hall–Kier alpha value is -2.59. The van der Waals surface area contributed by atoms with Crippen LogP contribution in [0, 0.1) is 0 Å². The first kappa shape index (κ1) is 24.1. The number of ether oxygens (including phenoxy) is 2. The minimum absolute atomic E-state index is 0. The lowest BCUT2D eigenvalue weighted by atomic mass is 10.1. The van der Waals surface area contributed by atoms with Crippen molar-refractivity contribution in [3.63, 3.8) is 0 Å². The van der Waals surface area contributed by atoms with Crippen LogP contribution in [0.25, 0.3) is 0 Å². The highest BCUT2D eigenvalue weighted by Gasteiger charge is 2.25. The molecule has 0 saturated carbocycles. The number of nitrogens with one attached hydrogen (secondary N) is 1. The maximum atomic E-state index is 6.09. The van der Waals surface area contributed by atoms with Gasteiger partial charge in [0.1, 0.15) is 18.5 Å². The van der Waals surface area contributed by atoms with Gasteiger partial charge in [0.05, 0.1) is 19.3 Å². The maximum Gasteiger partial charge on any atom is 0.194 e. The molecule has 2 aromatic carbocycles. The molecule has 0 bridgehead atoms. The second kappa shape index (κ2) is 11.9. The molecule has 1 aliphatic heterocycles. The predicted molar refractivity (Wildman–Crippen MR) is 136 cm³/mol. The first-order valence-corrected chi connectivity index (χ1v) is 10.5. The van der Waals surface area contributed by atoms with Gasteiger partial charge in [0.15, 0.2) is 5.96 Å². The van der Waals surface area contributed by atoms with Crippen molar-refractivity contribution >= 4 is 29.9 Å². The molecule has 0 aliphatic carbocycles. The molecule has 1 aliphatic rings. The van der Waals surface area contributed by atoms with Crippen LogP contribution in [-0.2, 0) is 24.9 Å². The Kier molecular flexibility index (Phi) is 8.92. The van der Waals surface area contributed by atoms with E-state index in [0.717, 1.165) is 41.5 Å². The fraction of sp³-hybridized carbons (Fsp3) is 0.333. The first-order valence-electron chi connectivity index (χ1n) is 10.5. The summed E-state index contributed by atoms with van der Waals surface area (Å²) in [6, 6.07) is 18.3. The Morgan fingerprint density at radius 2 is 1.97 bits per heavy atom. The number of aliphatic imine (C=N–C) groups is 1. The number of benzene rings is 2. The van der Waals surface area contributed by atoms with Crippen LogP contribution in [-0.4, -0.2) is 47.4 Å². The molecular formula is C24H30IN5O2. The van der Waals surface area contributed by atoms with Crippen LogP contribution in [0.5, 0.6) is 5.75 Å². The summed E-state index contributed by atoms with van der Waals surface area (Å²) < 4.78 is 13.9. The van der Waals surface area contributed by atoms with Crippen molar-refractivity contribution in [1.82, 2.24) is 20.0 Å². The number of aryl methyl sites for hydroxylation is 1. The summed E-state index contributed by atoms with van der Waals surface area (Å²) in [7, 11) is 3.73. The van der Waals surface area contributed by atoms with E-state index >= 15 is 0 Å². The van der Waals surface area contributed by atoms with Gasteiger partial charge in [-0.15, -0.1) is 24.0 Å². The van der Waals surface area contributed by atoms with Gasteiger partial charge in [-0.25, -0.2) is 0 Å². The second-order valence-corrected chi connectivity index (χ2v) is 7.54. The average Bonchev–Trinajstić information content (AvgIpc) is 3.26. The molecule has 0 spiro atoms. The number of morpholine rings is 1. The number of halogens is 1. The lowest BCUT2D eigenvalue weighted by molar-refractivity contribution is -0.00805. The van der Waals surface area contributed by atoms with Gasteiger partial charge < -0.3 is 19.7 Å². The normalized spacial score (nSPS) is 16.4. The summed E-state index contributed by atoms with van der Waals surface area (Å²) in [5.41, 5.74) is 3.33. The monoisotopic (exact) mass is 547 g/mol. The summed E-state index contributed by atoms with van der Waals surface area (Å²) in [6.45, 7) is 3.35. The van der Waals surface area contributed by atoms with Gasteiger partial charge in [0.2, 0.25) is 0 Å². The summed E-state index contributed by atoms with van der Waals surface area (Å²) in [5.74, 6) is 1.74. The molecule has 1 saturated heterocycles. The molecule has 8 heteroatoms. The third kappa shape index (κ3) is 6.23. The van der Waals surface area contributed by atoms with Crippen LogP contribution in [0.3, 0.4) is 0 Å². The summed E-state index contributed by atoms with van der Waals surface area (Å²) in [5, 5.41) is 7.76. The quantitative estimate of drug-likeness (QED) is 0.289. The fourth-order valence-corrected chi connectivity index (χ4v) is 3.68. The highest BCUT2D eigenvalue weighted by molar-refractivity contribution is 14.0. The largest absolute Gasteiger partial charge is 0.489 e. The molecule has 7 nitrogen and oxygen atoms in total. The van der Waals surface area contributed by atoms with Crippen LogP contribution in [0.4, 0.5) is 0 Å². The third-order valence-corrected chi connectivity index (χ3v) is 5.32. The Labute approximate surface area is 206 Å². The summed E-state index contributed by atoms with van der Waals surface area (Å²) in [4.78, 5) is 6.73. The van der Waals surface area contributed by atoms with Crippen molar-refractivity contribution in [3.8, 4) is 5.75 Å². The number of aromatic nitrogens is 2. The third-order valence-electron chi connectivity index (χ3n) is 5.32. The Morgan fingerprint density at radius 3 is 2.72 bits per heavy atom. The molecule has 1 fully saturated rings. The molecule has 1 atom stereocenters. The van der Waals surface area contributed by atoms with Gasteiger partial charge in [0.25, 0.3) is 0 Å². The van der Waals surface area contributed by atoms with Crippen molar-refractivity contribution < 1.29 is 9.47 Å². The zero-order valence-corrected chi connectivity index (χ0v) is 20.8. The number of hydrogen-bond acceptors (Lipinski definition) is 4. The van der Waals surface area contributed by atoms with E-state index in [9.17, 15) is 0 Å². The minimum atomic E-state index is -0.0116. The summed E-state index contributed by atoms with van der Waals surface area (Å²) in [6.07, 6.45) is 3.86. The lowest BCUT2D eigenvalue weighted by Crippen LogP contribution is -2.47. The summed E-state index contributed by atoms with van der Waals surface area (Å²) >= 11 is 0. The Balaban J connectivity index is 0.00000289. The van der Waals surface area contributed by atoms with Gasteiger partial charge in [-0.3, -0.25) is 9.67 Å². The molecule has 1 unspecified atom stereocenters. The molecule has 2 heterocycles. The standard InChI is InChI=1S/C24H29N5O2.HI/c1-25-24(29-12-13-30-23(17-29)21-15-27-28(2)16-21)26-14-20-10-6-7-11-22(20)31-18-19-8-4-3-5-9-19;/h3-11,15-16,23H,12-14,17-18H2,1-2H3,(H,25,26);1H. The first-order chi connectivity index (χ1) is 15.2. The number of para-hydroxylation sites is 1. The zero-order valence-electron chi connectivity index (χ0n) is 18.5. The van der Waals surface area contributed by atoms with Gasteiger partial charge in [-0.05, 0) is 11.6 Å². The molecule has 4 rings (SSSR count). The van der Waals surface area contributed by atoms with E-state index < -0.39 is 0 Å². The van der Waals surface area contributed by atoms with E-state index in [-0.39, 0.29) is 30.1 Å². The topological polar surface area (TPSA) is 63.9 Å². The average molecular weight is 547 g/mol. The number of guanidine groups is 1. The van der Waals surface area contributed by atoms with Crippen LogP contribution >= 0.6 is 24.0 Å². The van der Waals surface area contributed by atoms with E-state index in [1.165, 1.54) is 0 Å². The van der Waals surface area contributed by atoms with E-state index in [0.29, 0.717) is 19.8 Å². The zero-order chi connectivity index (χ0) is 21.5. The van der Waals surface area contributed by atoms with E-state index in [4.69, 9.17) is 9.47 Å². The fourth-order valence-electron chi connectivity index (χ4n) is 3.68. The molecule has 3 aromatic rings. The number of nitrogens with zero attached hydrogens (tertiary/aromatic N) is 4. The molecule has 0 amide bonds. The van der Waals surface area contributed by atoms with Crippen LogP contribution in [0.2, 0.25) is 0 Å². The highest BCUT2D eigenvalue weighted by Crippen LogP contribution is 2.22. The smallest absolute Gasteiger partial charge is 0.194 e. The Bertz CT molecular complexity index is 1010. The predicted octanol–water partition coefficient (Wildman–Crippen LogP) is 3.77. The molecule has 32 heavy (non-hydrogen) atoms. The number of hydrogen-bond donors (Lipinski definition) is 1. The number of rotatable bonds is 6. The highest BCUT2D eigenvalue weighted by atomic mass is 127. The second-order valence-electron chi connectivity index (χ2n) is 7.54. The van der Waals surface area contributed by atoms with Gasteiger partial charge in [-0.2, -0.15) is 5.10 Å². The van der Waals surface area contributed by atoms with Crippen LogP contribution in [0.15, 0.2) is 72.0 Å². The van der Waals surface area contributed by atoms with Crippen molar-refractivity contribution in [2.45, 2.75) is 19.3 Å². The van der Waals surface area contributed by atoms with Crippen molar-refractivity contribution in [3.05, 3.63) is 83.7 Å². The lowest BCUT2D eigenvalue weighted by Gasteiger charge is -2.34. The van der Waals surface area contributed by atoms with Crippen LogP contribution < -0.4 is 10.1 Å². The maximum absolute atomic E-state index is 6.09. The van der Waals surface area contributed by atoms with E-state index in [2.05, 4.69) is 38.5 Å². The van der Waals surface area contributed by atoms with Gasteiger partial charge in [0, 0.05) is 44.5 Å². The molecular weight excluding hydrogens is 517 g/mol. The van der Waals surface area contributed by atoms with E-state index in [1.54, 1.807) is 4.68 Å². The SMILES string of the molecule is CN=C(NCc1ccccc1OCc1ccccc1)N1CCOC(c2cnn(C)c2)C1.I. The van der Waals surface area contributed by atoms with Gasteiger partial charge in [-0.1, -0.05) is 48.5 Å². The van der Waals surface area contributed by atoms with Gasteiger partial charge >= 0.3 is 0 Å². The van der Waals surface area contributed by atoms with E-state index in [1.807, 2.05) is 62.9 Å². The molecule has 170 valence electrons. The molecule has 1 aromatic heterocycles. The molecule has 1 N–H and O–H groups in total. The Morgan fingerprint density at radius 1 is 1.19 bits per heavy atom. The van der Waals surface area contributed by atoms with Crippen molar-refractivity contribution in [2.24, 2.45) is 12.0 Å². The van der Waals surface area contributed by atoms with Crippen molar-refractivity contribution in [2.75, 3.05) is 26.7 Å².